The molecule has 1 saturated heterocycles. The van der Waals surface area contributed by atoms with Crippen LogP contribution in [0.3, 0.4) is 0 Å². The number of nitrogen functional groups attached to an aromatic ring is 1. The molecule has 3 N–H and O–H groups in total. The molecule has 1 fully saturated rings. The van der Waals surface area contributed by atoms with Gasteiger partial charge >= 0.3 is 6.09 Å². The van der Waals surface area contributed by atoms with Crippen molar-refractivity contribution in [1.29, 1.82) is 0 Å². The molecule has 188 valence electrons. The molecule has 1 atom stereocenters. The van der Waals surface area contributed by atoms with Crippen LogP contribution >= 0.6 is 0 Å². The Hall–Kier alpha value is -3.67. The quantitative estimate of drug-likeness (QED) is 0.534. The number of methoxy groups -OCH3 is 1. The van der Waals surface area contributed by atoms with Gasteiger partial charge in [0.05, 0.1) is 24.5 Å². The number of aromatic nitrogens is 5. The van der Waals surface area contributed by atoms with E-state index in [-0.39, 0.29) is 11.6 Å². The second-order valence-corrected chi connectivity index (χ2v) is 9.52. The normalized spacial score (nSPS) is 16.5. The molecule has 12 heteroatoms. The molecule has 1 amide bonds. The van der Waals surface area contributed by atoms with Crippen molar-refractivity contribution in [2.24, 2.45) is 0 Å². The van der Waals surface area contributed by atoms with Crippen LogP contribution in [0, 0.1) is 0 Å². The summed E-state index contributed by atoms with van der Waals surface area (Å²) in [6.07, 6.45) is 2.67. The number of rotatable bonds is 6. The lowest BCUT2D eigenvalue weighted by Crippen LogP contribution is -2.49. The first-order valence-electron chi connectivity index (χ1n) is 11.6. The molecule has 1 aliphatic rings. The number of hydrogen-bond acceptors (Lipinski definition) is 9. The predicted molar refractivity (Wildman–Crippen MR) is 131 cm³/mol. The number of fused-ring (bicyclic) bond motifs is 1. The largest absolute Gasteiger partial charge is 0.444 e. The van der Waals surface area contributed by atoms with Crippen LogP contribution in [0.1, 0.15) is 33.6 Å². The molecule has 0 unspecified atom stereocenters. The Morgan fingerprint density at radius 1 is 1.31 bits per heavy atom. The summed E-state index contributed by atoms with van der Waals surface area (Å²) >= 11 is 0. The second-order valence-electron chi connectivity index (χ2n) is 9.52. The molecule has 0 radical (unpaired) electrons. The number of nitrogens with zero attached hydrogens (tertiary/aromatic N) is 6. The average molecular weight is 485 g/mol. The molecule has 3 aromatic heterocycles. The molecule has 0 saturated carbocycles. The number of nitrogens with one attached hydrogen (secondary N) is 1. The van der Waals surface area contributed by atoms with Crippen molar-refractivity contribution >= 4 is 23.1 Å². The third kappa shape index (κ3) is 5.53. The summed E-state index contributed by atoms with van der Waals surface area (Å²) in [5, 5.41) is 11.9. The smallest absolute Gasteiger partial charge is 0.407 e. The fourth-order valence-electron chi connectivity index (χ4n) is 4.18. The summed E-state index contributed by atoms with van der Waals surface area (Å²) in [7, 11) is 1.57. The number of hydrogen-bond donors (Lipinski definition) is 2. The van der Waals surface area contributed by atoms with Crippen molar-refractivity contribution in [1.82, 2.24) is 29.7 Å². The Morgan fingerprint density at radius 3 is 2.86 bits per heavy atom. The highest BCUT2D eigenvalue weighted by Gasteiger charge is 2.27. The van der Waals surface area contributed by atoms with E-state index < -0.39 is 11.7 Å². The van der Waals surface area contributed by atoms with Gasteiger partial charge in [0, 0.05) is 32.3 Å². The summed E-state index contributed by atoms with van der Waals surface area (Å²) in [6.45, 7) is 7.57. The van der Waals surface area contributed by atoms with Crippen LogP contribution in [0.15, 0.2) is 29.3 Å². The first kappa shape index (κ1) is 24.5. The zero-order chi connectivity index (χ0) is 25.2. The molecule has 4 heterocycles. The van der Waals surface area contributed by atoms with Gasteiger partial charge in [-0.15, -0.1) is 0 Å². The molecule has 0 aliphatic carbocycles. The van der Waals surface area contributed by atoms with E-state index in [1.54, 1.807) is 17.7 Å². The van der Waals surface area contributed by atoms with Gasteiger partial charge in [-0.25, -0.2) is 19.0 Å². The van der Waals surface area contributed by atoms with Crippen LogP contribution in [-0.2, 0) is 16.0 Å². The Balaban J connectivity index is 1.67. The summed E-state index contributed by atoms with van der Waals surface area (Å²) in [5.74, 6) is 0.330. The van der Waals surface area contributed by atoms with Crippen LogP contribution in [0.5, 0.6) is 0 Å². The van der Waals surface area contributed by atoms with E-state index >= 15 is 0 Å². The fraction of sp³-hybridized carbons (Fsp3) is 0.522. The minimum atomic E-state index is -0.565. The van der Waals surface area contributed by atoms with E-state index in [0.29, 0.717) is 42.4 Å². The van der Waals surface area contributed by atoms with E-state index in [2.05, 4.69) is 25.4 Å². The minimum absolute atomic E-state index is 0.0862. The third-order valence-electron chi connectivity index (χ3n) is 5.68. The van der Waals surface area contributed by atoms with Gasteiger partial charge in [-0.1, -0.05) is 0 Å². The van der Waals surface area contributed by atoms with Gasteiger partial charge in [0.25, 0.3) is 5.56 Å². The van der Waals surface area contributed by atoms with Crippen molar-refractivity contribution in [3.8, 4) is 11.4 Å². The van der Waals surface area contributed by atoms with Crippen LogP contribution in [0.2, 0.25) is 0 Å². The van der Waals surface area contributed by atoms with E-state index in [1.807, 2.05) is 26.8 Å². The summed E-state index contributed by atoms with van der Waals surface area (Å²) in [4.78, 5) is 30.9. The van der Waals surface area contributed by atoms with Crippen molar-refractivity contribution in [2.45, 2.75) is 51.8 Å². The maximum atomic E-state index is 12.3. The maximum Gasteiger partial charge on any atom is 0.407 e. The number of alkyl carbamates (subject to hydrolysis) is 1. The zero-order valence-corrected chi connectivity index (χ0v) is 20.5. The lowest BCUT2D eigenvalue weighted by atomic mass is 10.1. The Bertz CT molecular complexity index is 1260. The van der Waals surface area contributed by atoms with Gasteiger partial charge in [0.15, 0.2) is 5.82 Å². The number of piperidine rings is 1. The SMILES string of the molecule is COCCn1nc(-c2cc(N3CCC[C@@H](NC(=O)OC(C)(C)C)C3)c3c(N)ncnn23)ccc1=O. The number of anilines is 2. The van der Waals surface area contributed by atoms with Crippen molar-refractivity contribution < 1.29 is 14.3 Å². The van der Waals surface area contributed by atoms with Gasteiger partial charge < -0.3 is 25.4 Å². The van der Waals surface area contributed by atoms with E-state index in [1.165, 1.54) is 17.1 Å². The Kier molecular flexibility index (Phi) is 6.92. The number of ether oxygens (including phenoxy) is 2. The lowest BCUT2D eigenvalue weighted by Gasteiger charge is -2.34. The van der Waals surface area contributed by atoms with Gasteiger partial charge in [0.2, 0.25) is 0 Å². The molecule has 0 aromatic carbocycles. The summed E-state index contributed by atoms with van der Waals surface area (Å²) in [5.41, 5.74) is 8.24. The Morgan fingerprint density at radius 2 is 2.11 bits per heavy atom. The summed E-state index contributed by atoms with van der Waals surface area (Å²) < 4.78 is 13.6. The highest BCUT2D eigenvalue weighted by Crippen LogP contribution is 2.34. The number of carbonyl (C=O) groups excluding carboxylic acids is 1. The maximum absolute atomic E-state index is 12.3. The predicted octanol–water partition coefficient (Wildman–Crippen LogP) is 1.68. The standard InChI is InChI=1S/C23H32N8O4/c1-23(2,3)35-22(33)27-15-6-5-9-29(13-15)18-12-17(31-20(18)21(24)25-14-26-31)16-7-8-19(32)30(28-16)10-11-34-4/h7-8,12,14-15H,5-6,9-11,13H2,1-4H3,(H,27,33)(H2,24,25,26)/t15-/m1/s1. The number of nitrogens with two attached hydrogens (primary N) is 1. The van der Waals surface area contributed by atoms with Gasteiger partial charge in [-0.05, 0) is 45.7 Å². The topological polar surface area (TPSA) is 142 Å². The molecule has 1 aliphatic heterocycles. The van der Waals surface area contributed by atoms with Gasteiger partial charge in [0.1, 0.15) is 23.1 Å². The van der Waals surface area contributed by atoms with E-state index in [9.17, 15) is 9.59 Å². The fourth-order valence-corrected chi connectivity index (χ4v) is 4.18. The molecule has 3 aromatic rings. The lowest BCUT2D eigenvalue weighted by molar-refractivity contribution is 0.0500. The monoisotopic (exact) mass is 484 g/mol. The van der Waals surface area contributed by atoms with Crippen molar-refractivity contribution in [3.05, 3.63) is 34.9 Å². The molecule has 0 bridgehead atoms. The van der Waals surface area contributed by atoms with E-state index in [4.69, 9.17) is 15.2 Å². The number of carbonyl (C=O) groups is 1. The second kappa shape index (κ2) is 9.90. The minimum Gasteiger partial charge on any atom is -0.444 e. The molecule has 0 spiro atoms. The highest BCUT2D eigenvalue weighted by atomic mass is 16.6. The summed E-state index contributed by atoms with van der Waals surface area (Å²) in [6, 6.07) is 5.00. The first-order chi connectivity index (χ1) is 16.7. The first-order valence-corrected chi connectivity index (χ1v) is 11.6. The molecule has 12 nitrogen and oxygen atoms in total. The van der Waals surface area contributed by atoms with Crippen LogP contribution in [-0.4, -0.2) is 68.9 Å². The van der Waals surface area contributed by atoms with Crippen LogP contribution in [0.25, 0.3) is 16.9 Å². The van der Waals surface area contributed by atoms with Crippen molar-refractivity contribution in [3.63, 3.8) is 0 Å². The van der Waals surface area contributed by atoms with Crippen LogP contribution in [0.4, 0.5) is 16.3 Å². The molecule has 4 rings (SSSR count). The average Bonchev–Trinajstić information content (AvgIpc) is 3.18. The van der Waals surface area contributed by atoms with Crippen LogP contribution < -0.4 is 21.5 Å². The van der Waals surface area contributed by atoms with E-state index in [0.717, 1.165) is 25.1 Å². The highest BCUT2D eigenvalue weighted by molar-refractivity contribution is 5.88. The zero-order valence-electron chi connectivity index (χ0n) is 20.5. The number of amides is 1. The van der Waals surface area contributed by atoms with Crippen molar-refractivity contribution in [2.75, 3.05) is 37.4 Å². The third-order valence-corrected chi connectivity index (χ3v) is 5.68. The molecular weight excluding hydrogens is 452 g/mol. The van der Waals surface area contributed by atoms with Gasteiger partial charge in [-0.2, -0.15) is 10.2 Å². The molecule has 35 heavy (non-hydrogen) atoms. The Labute approximate surface area is 203 Å². The molecular formula is C23H32N8O4. The van der Waals surface area contributed by atoms with Gasteiger partial charge in [-0.3, -0.25) is 4.79 Å².